The van der Waals surface area contributed by atoms with Gasteiger partial charge < -0.3 is 0 Å². The molecule has 0 saturated carbocycles. The summed E-state index contributed by atoms with van der Waals surface area (Å²) < 4.78 is 0. The number of anilines is 2. The highest BCUT2D eigenvalue weighted by atomic mass is 15.5. The molecule has 0 bridgehead atoms. The molecule has 1 aliphatic rings. The molecule has 1 saturated heterocycles. The highest BCUT2D eigenvalue weighted by molar-refractivity contribution is 6.64. The Morgan fingerprint density at radius 3 is 0.947 bits per heavy atom. The first-order valence-electron chi connectivity index (χ1n) is 12.5. The van der Waals surface area contributed by atoms with Gasteiger partial charge in [0.2, 0.25) is 5.96 Å². The van der Waals surface area contributed by atoms with Crippen LogP contribution in [0.3, 0.4) is 0 Å². The number of guanidine groups is 1. The first kappa shape index (κ1) is 23.1. The van der Waals surface area contributed by atoms with E-state index < -0.39 is 0 Å². The molecule has 1 fully saturated rings. The molecule has 0 aromatic heterocycles. The zero-order valence-corrected chi connectivity index (χ0v) is 20.7. The predicted molar refractivity (Wildman–Crippen MR) is 158 cm³/mol. The van der Waals surface area contributed by atoms with Crippen LogP contribution in [0.2, 0.25) is 0 Å². The van der Waals surface area contributed by atoms with Crippen LogP contribution in [0.1, 0.15) is 0 Å². The minimum absolute atomic E-state index is 0.685. The van der Waals surface area contributed by atoms with E-state index in [0.717, 1.165) is 28.4 Å². The fraction of sp³-hybridized carbons (Fsp3) is 0. The highest BCUT2D eigenvalue weighted by Gasteiger charge is 2.41. The summed E-state index contributed by atoms with van der Waals surface area (Å²) in [7, 11) is 0. The summed E-state index contributed by atoms with van der Waals surface area (Å²) in [4.78, 5) is 19.6. The summed E-state index contributed by atoms with van der Waals surface area (Å²) in [5.74, 6) is 2.06. The summed E-state index contributed by atoms with van der Waals surface area (Å²) in [5.41, 5.74) is 4.38. The van der Waals surface area contributed by atoms with E-state index in [1.165, 1.54) is 0 Å². The zero-order chi connectivity index (χ0) is 25.6. The second kappa shape index (κ2) is 10.8. The standard InChI is InChI=1S/C33H25N5/c1-6-16-26(17-7-1)34-31-32(35-27-18-8-2-9-19-27)38(30-24-14-5-15-25-30)33(36-28-20-10-3-11-21-28)37(31)29-22-12-4-13-23-29/h1-25H. The summed E-state index contributed by atoms with van der Waals surface area (Å²) in [6, 6.07) is 50.3. The molecule has 182 valence electrons. The van der Waals surface area contributed by atoms with Crippen LogP contribution in [0, 0.1) is 0 Å². The molecular weight excluding hydrogens is 466 g/mol. The molecule has 0 spiro atoms. The van der Waals surface area contributed by atoms with Crippen molar-refractivity contribution < 1.29 is 0 Å². The van der Waals surface area contributed by atoms with E-state index >= 15 is 0 Å². The normalized spacial score (nSPS) is 15.3. The zero-order valence-electron chi connectivity index (χ0n) is 20.7. The summed E-state index contributed by atoms with van der Waals surface area (Å²) in [6.45, 7) is 0. The molecular formula is C33H25N5. The summed E-state index contributed by atoms with van der Waals surface area (Å²) in [6.07, 6.45) is 0. The van der Waals surface area contributed by atoms with Crippen LogP contribution in [0.5, 0.6) is 0 Å². The van der Waals surface area contributed by atoms with Gasteiger partial charge in [-0.15, -0.1) is 0 Å². The van der Waals surface area contributed by atoms with Crippen molar-refractivity contribution in [2.24, 2.45) is 15.0 Å². The van der Waals surface area contributed by atoms with Crippen LogP contribution in [0.15, 0.2) is 167 Å². The molecule has 1 aliphatic heterocycles. The Bertz CT molecular complexity index is 1480. The SMILES string of the molecule is c1ccc(N=C2C(=Nc3ccccc3)N(c3ccccc3)C(=Nc3ccccc3)N2c2ccccc2)cc1. The van der Waals surface area contributed by atoms with Crippen molar-refractivity contribution in [2.45, 2.75) is 0 Å². The summed E-state index contributed by atoms with van der Waals surface area (Å²) >= 11 is 0. The monoisotopic (exact) mass is 491 g/mol. The second-order valence-corrected chi connectivity index (χ2v) is 8.63. The quantitative estimate of drug-likeness (QED) is 0.249. The average molecular weight is 492 g/mol. The van der Waals surface area contributed by atoms with Crippen molar-refractivity contribution >= 4 is 46.1 Å². The Morgan fingerprint density at radius 1 is 0.316 bits per heavy atom. The lowest BCUT2D eigenvalue weighted by Crippen LogP contribution is -2.35. The number of benzene rings is 5. The summed E-state index contributed by atoms with van der Waals surface area (Å²) in [5, 5.41) is 0. The van der Waals surface area contributed by atoms with E-state index in [1.54, 1.807) is 0 Å². The van der Waals surface area contributed by atoms with Gasteiger partial charge in [0.25, 0.3) is 0 Å². The molecule has 0 N–H and O–H groups in total. The van der Waals surface area contributed by atoms with E-state index in [2.05, 4.69) is 34.1 Å². The van der Waals surface area contributed by atoms with Crippen molar-refractivity contribution in [3.8, 4) is 0 Å². The number of aliphatic imine (C=N–C) groups is 3. The van der Waals surface area contributed by atoms with Gasteiger partial charge in [-0.05, 0) is 60.7 Å². The molecule has 38 heavy (non-hydrogen) atoms. The topological polar surface area (TPSA) is 43.6 Å². The molecule has 1 heterocycles. The lowest BCUT2D eigenvalue weighted by molar-refractivity contribution is 1.32. The maximum Gasteiger partial charge on any atom is 0.223 e. The number of para-hydroxylation sites is 5. The number of hydrogen-bond acceptors (Lipinski definition) is 3. The average Bonchev–Trinajstić information content (AvgIpc) is 3.27. The predicted octanol–water partition coefficient (Wildman–Crippen LogP) is 8.16. The van der Waals surface area contributed by atoms with Gasteiger partial charge in [0.15, 0.2) is 11.7 Å². The van der Waals surface area contributed by atoms with Gasteiger partial charge in [-0.3, -0.25) is 9.80 Å². The third kappa shape index (κ3) is 4.86. The lowest BCUT2D eigenvalue weighted by Gasteiger charge is -2.22. The fourth-order valence-corrected chi connectivity index (χ4v) is 4.29. The third-order valence-corrected chi connectivity index (χ3v) is 6.02. The molecule has 5 aromatic rings. The smallest absolute Gasteiger partial charge is 0.223 e. The van der Waals surface area contributed by atoms with Gasteiger partial charge in [-0.2, -0.15) is 0 Å². The molecule has 5 aromatic carbocycles. The van der Waals surface area contributed by atoms with Crippen LogP contribution >= 0.6 is 0 Å². The number of rotatable bonds is 5. The van der Waals surface area contributed by atoms with Crippen LogP contribution in [0.4, 0.5) is 28.4 Å². The second-order valence-electron chi connectivity index (χ2n) is 8.63. The molecule has 0 aliphatic carbocycles. The van der Waals surface area contributed by atoms with E-state index in [0.29, 0.717) is 17.6 Å². The van der Waals surface area contributed by atoms with Gasteiger partial charge in [0.1, 0.15) is 0 Å². The number of hydrogen-bond donors (Lipinski definition) is 0. The molecule has 5 heteroatoms. The first-order chi connectivity index (χ1) is 18.9. The van der Waals surface area contributed by atoms with Gasteiger partial charge in [0, 0.05) is 0 Å². The van der Waals surface area contributed by atoms with Crippen molar-refractivity contribution in [1.82, 2.24) is 0 Å². The van der Waals surface area contributed by atoms with Gasteiger partial charge >= 0.3 is 0 Å². The Labute approximate surface area is 222 Å². The molecule has 6 rings (SSSR count). The number of amidine groups is 2. The van der Waals surface area contributed by atoms with Crippen molar-refractivity contribution in [1.29, 1.82) is 0 Å². The minimum atomic E-state index is 0.685. The molecule has 0 amide bonds. The van der Waals surface area contributed by atoms with Crippen LogP contribution in [-0.4, -0.2) is 17.6 Å². The van der Waals surface area contributed by atoms with Crippen LogP contribution < -0.4 is 9.80 Å². The largest absolute Gasteiger partial charge is 0.261 e. The maximum absolute atomic E-state index is 5.16. The Hall–Kier alpha value is -5.29. The van der Waals surface area contributed by atoms with E-state index in [9.17, 15) is 0 Å². The molecule has 0 unspecified atom stereocenters. The third-order valence-electron chi connectivity index (χ3n) is 6.02. The lowest BCUT2D eigenvalue weighted by atomic mass is 10.2. The maximum atomic E-state index is 5.16. The molecule has 5 nitrogen and oxygen atoms in total. The van der Waals surface area contributed by atoms with E-state index in [1.807, 2.05) is 127 Å². The Kier molecular flexibility index (Phi) is 6.55. The highest BCUT2D eigenvalue weighted by Crippen LogP contribution is 2.32. The van der Waals surface area contributed by atoms with E-state index in [4.69, 9.17) is 15.0 Å². The van der Waals surface area contributed by atoms with E-state index in [-0.39, 0.29) is 0 Å². The fourth-order valence-electron chi connectivity index (χ4n) is 4.29. The molecule has 0 radical (unpaired) electrons. The van der Waals surface area contributed by atoms with Gasteiger partial charge in [0.05, 0.1) is 28.4 Å². The van der Waals surface area contributed by atoms with Crippen LogP contribution in [0.25, 0.3) is 0 Å². The van der Waals surface area contributed by atoms with Crippen molar-refractivity contribution in [3.63, 3.8) is 0 Å². The minimum Gasteiger partial charge on any atom is -0.261 e. The van der Waals surface area contributed by atoms with Crippen molar-refractivity contribution in [2.75, 3.05) is 9.80 Å². The first-order valence-corrected chi connectivity index (χ1v) is 12.5. The van der Waals surface area contributed by atoms with Crippen LogP contribution in [-0.2, 0) is 0 Å². The van der Waals surface area contributed by atoms with Gasteiger partial charge in [-0.25, -0.2) is 15.0 Å². The Balaban J connectivity index is 1.67. The number of nitrogens with zero attached hydrogens (tertiary/aromatic N) is 5. The van der Waals surface area contributed by atoms with Crippen molar-refractivity contribution in [3.05, 3.63) is 152 Å². The molecule has 0 atom stereocenters. The van der Waals surface area contributed by atoms with Gasteiger partial charge in [-0.1, -0.05) is 91.0 Å². The Morgan fingerprint density at radius 2 is 0.605 bits per heavy atom.